The Morgan fingerprint density at radius 1 is 1.12 bits per heavy atom. The Hall–Kier alpha value is -3.68. The molecule has 0 amide bonds. The lowest BCUT2D eigenvalue weighted by Crippen LogP contribution is -2.29. The van der Waals surface area contributed by atoms with E-state index in [1.54, 1.807) is 18.3 Å². The Morgan fingerprint density at radius 2 is 1.97 bits per heavy atom. The van der Waals surface area contributed by atoms with Gasteiger partial charge in [0.2, 0.25) is 0 Å². The molecule has 0 spiro atoms. The summed E-state index contributed by atoms with van der Waals surface area (Å²) < 4.78 is 6.30. The maximum Gasteiger partial charge on any atom is 0.335 e. The molecule has 0 saturated carbocycles. The molecule has 3 heterocycles. The lowest BCUT2D eigenvalue weighted by molar-refractivity contribution is 0.0697. The smallest absolute Gasteiger partial charge is 0.335 e. The van der Waals surface area contributed by atoms with Crippen LogP contribution in [0.25, 0.3) is 11.3 Å². The van der Waals surface area contributed by atoms with Gasteiger partial charge >= 0.3 is 5.97 Å². The Balaban J connectivity index is 1.61. The van der Waals surface area contributed by atoms with Gasteiger partial charge < -0.3 is 19.7 Å². The molecule has 0 bridgehead atoms. The molecule has 1 aliphatic heterocycles. The predicted molar refractivity (Wildman–Crippen MR) is 135 cm³/mol. The summed E-state index contributed by atoms with van der Waals surface area (Å²) in [6, 6.07) is 21.5. The van der Waals surface area contributed by atoms with Gasteiger partial charge in [-0.25, -0.2) is 4.79 Å². The molecule has 2 aromatic heterocycles. The molecule has 6 nitrogen and oxygen atoms in total. The van der Waals surface area contributed by atoms with Crippen molar-refractivity contribution in [2.75, 3.05) is 4.90 Å². The van der Waals surface area contributed by atoms with Crippen molar-refractivity contribution in [3.63, 3.8) is 0 Å². The lowest BCUT2D eigenvalue weighted by atomic mass is 10.0. The number of hydrogen-bond donors (Lipinski definition) is 2. The molecular formula is C26H20ClN3O3S. The zero-order chi connectivity index (χ0) is 23.8. The summed E-state index contributed by atoms with van der Waals surface area (Å²) in [7, 11) is 0. The molecule has 0 unspecified atom stereocenters. The molecule has 1 saturated heterocycles. The van der Waals surface area contributed by atoms with E-state index in [0.29, 0.717) is 27.2 Å². The van der Waals surface area contributed by atoms with Gasteiger partial charge in [-0.1, -0.05) is 29.8 Å². The Labute approximate surface area is 206 Å². The minimum Gasteiger partial charge on any atom is -0.478 e. The minimum atomic E-state index is -1.03. The molecule has 2 N–H and O–H groups in total. The highest BCUT2D eigenvalue weighted by Crippen LogP contribution is 2.43. The van der Waals surface area contributed by atoms with Crippen molar-refractivity contribution in [3.05, 3.63) is 107 Å². The van der Waals surface area contributed by atoms with Crippen molar-refractivity contribution in [2.45, 2.75) is 19.0 Å². The Morgan fingerprint density at radius 3 is 2.71 bits per heavy atom. The maximum absolute atomic E-state index is 11.5. The van der Waals surface area contributed by atoms with Gasteiger partial charge in [0.1, 0.15) is 17.6 Å². The summed E-state index contributed by atoms with van der Waals surface area (Å²) in [4.78, 5) is 18.0. The van der Waals surface area contributed by atoms with Crippen molar-refractivity contribution in [2.24, 2.45) is 0 Å². The summed E-state index contributed by atoms with van der Waals surface area (Å²) in [6.45, 7) is 2.03. The van der Waals surface area contributed by atoms with E-state index < -0.39 is 5.97 Å². The number of nitrogens with zero attached hydrogens (tertiary/aromatic N) is 2. The quantitative estimate of drug-likeness (QED) is 0.324. The second-order valence-electron chi connectivity index (χ2n) is 8.04. The van der Waals surface area contributed by atoms with Gasteiger partial charge in [0.15, 0.2) is 5.11 Å². The molecule has 2 atom stereocenters. The standard InChI is InChI=1S/C26H20ClN3O3S/c1-15-5-4-6-17(13-15)30-24(23(29-26(30)34)20-7-2-3-12-28-20)22-11-10-21(33-22)18-14-16(25(31)32)8-9-19(18)27/h2-14,23-24H,1H3,(H,29,34)(H,31,32)/t23-,24-/m0/s1. The molecule has 2 aromatic carbocycles. The largest absolute Gasteiger partial charge is 0.478 e. The molecule has 0 aliphatic carbocycles. The first-order valence-electron chi connectivity index (χ1n) is 10.6. The van der Waals surface area contributed by atoms with Crippen molar-refractivity contribution in [1.29, 1.82) is 0 Å². The van der Waals surface area contributed by atoms with Crippen LogP contribution in [0, 0.1) is 6.92 Å². The minimum absolute atomic E-state index is 0.133. The summed E-state index contributed by atoms with van der Waals surface area (Å²) in [5.74, 6) is 0.0945. The number of hydrogen-bond acceptors (Lipinski definition) is 4. The fourth-order valence-electron chi connectivity index (χ4n) is 4.20. The number of carbonyl (C=O) groups is 1. The Bertz CT molecular complexity index is 1390. The third kappa shape index (κ3) is 4.04. The van der Waals surface area contributed by atoms with E-state index in [-0.39, 0.29) is 17.6 Å². The van der Waals surface area contributed by atoms with Crippen LogP contribution in [-0.2, 0) is 0 Å². The highest BCUT2D eigenvalue weighted by atomic mass is 35.5. The molecular weight excluding hydrogens is 470 g/mol. The zero-order valence-corrected chi connectivity index (χ0v) is 19.7. The Kier molecular flexibility index (Phi) is 5.81. The molecule has 1 aliphatic rings. The molecule has 0 radical (unpaired) electrons. The number of aromatic nitrogens is 1. The second kappa shape index (κ2) is 8.93. The van der Waals surface area contributed by atoms with E-state index in [0.717, 1.165) is 16.9 Å². The molecule has 1 fully saturated rings. The number of anilines is 1. The fourth-order valence-corrected chi connectivity index (χ4v) is 4.76. The first-order valence-corrected chi connectivity index (χ1v) is 11.4. The number of nitrogens with one attached hydrogen (secondary N) is 1. The van der Waals surface area contributed by atoms with Crippen LogP contribution in [0.15, 0.2) is 83.4 Å². The van der Waals surface area contributed by atoms with Crippen molar-refractivity contribution in [1.82, 2.24) is 10.3 Å². The van der Waals surface area contributed by atoms with E-state index in [1.807, 2.05) is 54.3 Å². The van der Waals surface area contributed by atoms with Crippen LogP contribution in [0.3, 0.4) is 0 Å². The van der Waals surface area contributed by atoms with E-state index in [2.05, 4.69) is 16.4 Å². The van der Waals surface area contributed by atoms with Crippen LogP contribution in [0.2, 0.25) is 5.02 Å². The number of halogens is 1. The van der Waals surface area contributed by atoms with E-state index in [4.69, 9.17) is 28.2 Å². The van der Waals surface area contributed by atoms with Gasteiger partial charge in [0.25, 0.3) is 0 Å². The first-order chi connectivity index (χ1) is 16.4. The summed E-state index contributed by atoms with van der Waals surface area (Å²) in [5, 5.41) is 13.8. The summed E-state index contributed by atoms with van der Waals surface area (Å²) >= 11 is 12.1. The first kappa shape index (κ1) is 22.1. The van der Waals surface area contributed by atoms with Crippen LogP contribution in [0.1, 0.15) is 39.5 Å². The normalized spacial score (nSPS) is 17.6. The van der Waals surface area contributed by atoms with Crippen LogP contribution in [0.4, 0.5) is 5.69 Å². The van der Waals surface area contributed by atoms with Gasteiger partial charge in [0, 0.05) is 17.4 Å². The zero-order valence-electron chi connectivity index (χ0n) is 18.1. The third-order valence-corrected chi connectivity index (χ3v) is 6.42. The van der Waals surface area contributed by atoms with E-state index in [1.165, 1.54) is 12.1 Å². The topological polar surface area (TPSA) is 78.6 Å². The number of carboxylic acids is 1. The van der Waals surface area contributed by atoms with Gasteiger partial charge in [-0.15, -0.1) is 0 Å². The van der Waals surface area contributed by atoms with E-state index in [9.17, 15) is 9.90 Å². The highest BCUT2D eigenvalue weighted by Gasteiger charge is 2.42. The van der Waals surface area contributed by atoms with Gasteiger partial charge in [-0.3, -0.25) is 4.98 Å². The van der Waals surface area contributed by atoms with Crippen molar-refractivity contribution < 1.29 is 14.3 Å². The molecule has 4 aromatic rings. The van der Waals surface area contributed by atoms with Crippen molar-refractivity contribution in [3.8, 4) is 11.3 Å². The number of thiocarbonyl (C=S) groups is 1. The summed E-state index contributed by atoms with van der Waals surface area (Å²) in [6.07, 6.45) is 1.75. The van der Waals surface area contributed by atoms with Crippen LogP contribution in [0.5, 0.6) is 0 Å². The SMILES string of the molecule is Cc1cccc(N2C(=S)N[C@@H](c3ccccn3)[C@@H]2c2ccc(-c3cc(C(=O)O)ccc3Cl)o2)c1. The van der Waals surface area contributed by atoms with Crippen LogP contribution < -0.4 is 10.2 Å². The number of aromatic carboxylic acids is 1. The lowest BCUT2D eigenvalue weighted by Gasteiger charge is -2.26. The molecule has 34 heavy (non-hydrogen) atoms. The maximum atomic E-state index is 11.5. The number of rotatable bonds is 5. The van der Waals surface area contributed by atoms with Crippen LogP contribution >= 0.6 is 23.8 Å². The highest BCUT2D eigenvalue weighted by molar-refractivity contribution is 7.80. The second-order valence-corrected chi connectivity index (χ2v) is 8.83. The average Bonchev–Trinajstić information content (AvgIpc) is 3.44. The monoisotopic (exact) mass is 489 g/mol. The van der Waals surface area contributed by atoms with E-state index >= 15 is 0 Å². The van der Waals surface area contributed by atoms with Crippen molar-refractivity contribution >= 4 is 40.6 Å². The number of benzene rings is 2. The predicted octanol–water partition coefficient (Wildman–Crippen LogP) is 6.18. The number of furan rings is 1. The number of pyridine rings is 1. The molecule has 8 heteroatoms. The summed E-state index contributed by atoms with van der Waals surface area (Å²) in [5.41, 5.74) is 3.52. The van der Waals surface area contributed by atoms with Crippen LogP contribution in [-0.4, -0.2) is 21.2 Å². The van der Waals surface area contributed by atoms with Gasteiger partial charge in [0.05, 0.1) is 22.3 Å². The molecule has 170 valence electrons. The molecule has 5 rings (SSSR count). The van der Waals surface area contributed by atoms with Gasteiger partial charge in [-0.2, -0.15) is 0 Å². The fraction of sp³-hybridized carbons (Fsp3) is 0.115. The number of aryl methyl sites for hydroxylation is 1. The average molecular weight is 490 g/mol. The third-order valence-electron chi connectivity index (χ3n) is 5.77. The number of carboxylic acid groups (broad SMARTS) is 1. The van der Waals surface area contributed by atoms with Gasteiger partial charge in [-0.05, 0) is 79.3 Å².